The Morgan fingerprint density at radius 1 is 0.920 bits per heavy atom. The molecule has 0 heterocycles. The number of Topliss-reactive ketones (excluding diaryl/α,β-unsaturated/α-hetero) is 1. The summed E-state index contributed by atoms with van der Waals surface area (Å²) in [7, 11) is 0. The number of carbonyl (C=O) groups is 1. The van der Waals surface area contributed by atoms with Gasteiger partial charge in [0.15, 0.2) is 5.78 Å². The molecule has 8 atom stereocenters. The molecule has 4 fully saturated rings. The smallest absolute Gasteiger partial charge is 0.161 e. The summed E-state index contributed by atoms with van der Waals surface area (Å²) in [4.78, 5) is 12.3. The summed E-state index contributed by atoms with van der Waals surface area (Å²) in [6, 6.07) is 0. The number of fused-ring (bicyclic) bond motifs is 5. The lowest BCUT2D eigenvalue weighted by molar-refractivity contribution is -0.151. The SMILES string of the molecule is C[C@]1(O)CC[C@@]2(C)[C@@H](CC[C@@H]3[C@@H]2CC[C@]2(C)[C@@H](C(=O)CO)CC[C@@H]32)C1. The van der Waals surface area contributed by atoms with Gasteiger partial charge in [-0.25, -0.2) is 0 Å². The number of carbonyl (C=O) groups excluding carboxylic acids is 1. The monoisotopic (exact) mass is 348 g/mol. The number of aliphatic hydroxyl groups is 2. The number of ketones is 1. The van der Waals surface area contributed by atoms with Gasteiger partial charge in [0.2, 0.25) is 0 Å². The van der Waals surface area contributed by atoms with Gasteiger partial charge in [0, 0.05) is 5.92 Å². The van der Waals surface area contributed by atoms with E-state index >= 15 is 0 Å². The van der Waals surface area contributed by atoms with E-state index in [1.165, 1.54) is 25.7 Å². The summed E-state index contributed by atoms with van der Waals surface area (Å²) >= 11 is 0. The van der Waals surface area contributed by atoms with Crippen LogP contribution in [0.3, 0.4) is 0 Å². The Hall–Kier alpha value is -0.410. The first kappa shape index (κ1) is 18.0. The molecule has 142 valence electrons. The second-order valence-electron chi connectivity index (χ2n) is 10.7. The number of aliphatic hydroxyl groups excluding tert-OH is 1. The van der Waals surface area contributed by atoms with Crippen LogP contribution in [0.1, 0.15) is 78.6 Å². The van der Waals surface area contributed by atoms with E-state index in [-0.39, 0.29) is 23.7 Å². The fourth-order valence-electron chi connectivity index (χ4n) is 8.07. The molecule has 0 spiro atoms. The van der Waals surface area contributed by atoms with E-state index in [1.54, 1.807) is 0 Å². The number of hydrogen-bond donors (Lipinski definition) is 2. The lowest BCUT2D eigenvalue weighted by Gasteiger charge is -2.61. The molecule has 0 radical (unpaired) electrons. The van der Waals surface area contributed by atoms with Gasteiger partial charge < -0.3 is 10.2 Å². The maximum Gasteiger partial charge on any atom is 0.161 e. The maximum atomic E-state index is 12.3. The van der Waals surface area contributed by atoms with Gasteiger partial charge in [-0.1, -0.05) is 13.8 Å². The first-order chi connectivity index (χ1) is 11.7. The first-order valence-corrected chi connectivity index (χ1v) is 10.6. The van der Waals surface area contributed by atoms with Gasteiger partial charge in [-0.3, -0.25) is 4.79 Å². The van der Waals surface area contributed by atoms with Crippen molar-refractivity contribution in [3.63, 3.8) is 0 Å². The predicted octanol–water partition coefficient (Wildman–Crippen LogP) is 3.96. The lowest BCUT2D eigenvalue weighted by Crippen LogP contribution is -2.55. The molecule has 0 unspecified atom stereocenters. The van der Waals surface area contributed by atoms with Crippen molar-refractivity contribution < 1.29 is 15.0 Å². The third-order valence-electron chi connectivity index (χ3n) is 9.50. The zero-order chi connectivity index (χ0) is 18.0. The minimum atomic E-state index is -0.466. The fraction of sp³-hybridized carbons (Fsp3) is 0.955. The topological polar surface area (TPSA) is 57.5 Å². The van der Waals surface area contributed by atoms with E-state index in [0.29, 0.717) is 17.3 Å². The van der Waals surface area contributed by atoms with Crippen molar-refractivity contribution in [3.05, 3.63) is 0 Å². The van der Waals surface area contributed by atoms with Gasteiger partial charge in [-0.05, 0) is 99.2 Å². The molecule has 4 saturated carbocycles. The van der Waals surface area contributed by atoms with Crippen LogP contribution in [-0.4, -0.2) is 28.2 Å². The quantitative estimate of drug-likeness (QED) is 0.794. The van der Waals surface area contributed by atoms with E-state index < -0.39 is 5.60 Å². The Labute approximate surface area is 152 Å². The van der Waals surface area contributed by atoms with Crippen molar-refractivity contribution in [2.75, 3.05) is 6.61 Å². The Bertz CT molecular complexity index is 555. The lowest BCUT2D eigenvalue weighted by atomic mass is 9.44. The molecule has 0 amide bonds. The molecule has 4 aliphatic carbocycles. The first-order valence-electron chi connectivity index (χ1n) is 10.6. The largest absolute Gasteiger partial charge is 0.390 e. The van der Waals surface area contributed by atoms with Crippen LogP contribution < -0.4 is 0 Å². The number of rotatable bonds is 2. The number of hydrogen-bond acceptors (Lipinski definition) is 3. The molecule has 3 nitrogen and oxygen atoms in total. The van der Waals surface area contributed by atoms with Gasteiger partial charge in [-0.15, -0.1) is 0 Å². The van der Waals surface area contributed by atoms with Crippen molar-refractivity contribution in [3.8, 4) is 0 Å². The average molecular weight is 349 g/mol. The molecule has 25 heavy (non-hydrogen) atoms. The molecule has 4 rings (SSSR count). The van der Waals surface area contributed by atoms with E-state index in [1.807, 2.05) is 6.92 Å². The Morgan fingerprint density at radius 2 is 1.64 bits per heavy atom. The fourth-order valence-corrected chi connectivity index (χ4v) is 8.07. The third kappa shape index (κ3) is 2.56. The highest BCUT2D eigenvalue weighted by Crippen LogP contribution is 2.68. The molecule has 0 aromatic heterocycles. The summed E-state index contributed by atoms with van der Waals surface area (Å²) in [5.74, 6) is 3.01. The Balaban J connectivity index is 1.59. The van der Waals surface area contributed by atoms with Gasteiger partial charge in [-0.2, -0.15) is 0 Å². The average Bonchev–Trinajstić information content (AvgIpc) is 2.92. The molecular weight excluding hydrogens is 312 g/mol. The summed E-state index contributed by atoms with van der Waals surface area (Å²) in [5, 5.41) is 20.0. The molecule has 0 aliphatic heterocycles. The van der Waals surface area contributed by atoms with Crippen LogP contribution >= 0.6 is 0 Å². The van der Waals surface area contributed by atoms with Gasteiger partial charge in [0.1, 0.15) is 6.61 Å². The highest BCUT2D eigenvalue weighted by Gasteiger charge is 2.61. The molecular formula is C22H36O3. The zero-order valence-corrected chi connectivity index (χ0v) is 16.3. The summed E-state index contributed by atoms with van der Waals surface area (Å²) in [6.45, 7) is 6.60. The highest BCUT2D eigenvalue weighted by atomic mass is 16.3. The molecule has 4 aliphatic rings. The molecule has 0 saturated heterocycles. The zero-order valence-electron chi connectivity index (χ0n) is 16.3. The normalized spacial score (nSPS) is 55.2. The van der Waals surface area contributed by atoms with Crippen molar-refractivity contribution in [2.24, 2.45) is 40.4 Å². The minimum Gasteiger partial charge on any atom is -0.390 e. The molecule has 3 heteroatoms. The van der Waals surface area contributed by atoms with Crippen LogP contribution in [0.25, 0.3) is 0 Å². The molecule has 0 bridgehead atoms. The standard InChI is InChI=1S/C22H36O3/c1-20(25)10-11-21(2)14(12-20)4-5-15-16-6-7-18(19(24)13-23)22(16,3)9-8-17(15)21/h14-18,23,25H,4-13H2,1-3H3/t14-,15-,16-,17-,18+,20-,21-,22-/m0/s1. The van der Waals surface area contributed by atoms with Gasteiger partial charge >= 0.3 is 0 Å². The van der Waals surface area contributed by atoms with Crippen molar-refractivity contribution in [1.29, 1.82) is 0 Å². The van der Waals surface area contributed by atoms with E-state index in [9.17, 15) is 15.0 Å². The molecule has 0 aromatic carbocycles. The van der Waals surface area contributed by atoms with Gasteiger partial charge in [0.25, 0.3) is 0 Å². The summed E-state index contributed by atoms with van der Waals surface area (Å²) < 4.78 is 0. The molecule has 2 N–H and O–H groups in total. The van der Waals surface area contributed by atoms with Crippen LogP contribution in [0.5, 0.6) is 0 Å². The van der Waals surface area contributed by atoms with Crippen molar-refractivity contribution in [2.45, 2.75) is 84.2 Å². The maximum absolute atomic E-state index is 12.3. The van der Waals surface area contributed by atoms with Crippen LogP contribution in [0, 0.1) is 40.4 Å². The Kier molecular flexibility index (Phi) is 4.16. The minimum absolute atomic E-state index is 0.0806. The second-order valence-corrected chi connectivity index (χ2v) is 10.7. The van der Waals surface area contributed by atoms with Crippen LogP contribution in [0.15, 0.2) is 0 Å². The summed E-state index contributed by atoms with van der Waals surface area (Å²) in [5.41, 5.74) is 0.0299. The van der Waals surface area contributed by atoms with E-state index in [4.69, 9.17) is 0 Å². The predicted molar refractivity (Wildman–Crippen MR) is 97.9 cm³/mol. The summed E-state index contributed by atoms with van der Waals surface area (Å²) in [6.07, 6.45) is 10.1. The van der Waals surface area contributed by atoms with Gasteiger partial charge in [0.05, 0.1) is 5.60 Å². The van der Waals surface area contributed by atoms with Crippen molar-refractivity contribution >= 4 is 5.78 Å². The molecule has 0 aromatic rings. The van der Waals surface area contributed by atoms with Crippen LogP contribution in [0.4, 0.5) is 0 Å². The van der Waals surface area contributed by atoms with Crippen molar-refractivity contribution in [1.82, 2.24) is 0 Å². The van der Waals surface area contributed by atoms with E-state index in [2.05, 4.69) is 13.8 Å². The third-order valence-corrected chi connectivity index (χ3v) is 9.50. The van der Waals surface area contributed by atoms with Crippen LogP contribution in [-0.2, 0) is 4.79 Å². The van der Waals surface area contributed by atoms with Crippen LogP contribution in [0.2, 0.25) is 0 Å². The highest BCUT2D eigenvalue weighted by molar-refractivity contribution is 5.83. The second kappa shape index (κ2) is 5.79. The Morgan fingerprint density at radius 3 is 2.36 bits per heavy atom. The van der Waals surface area contributed by atoms with E-state index in [0.717, 1.165) is 43.9 Å².